The van der Waals surface area contributed by atoms with E-state index in [4.69, 9.17) is 9.47 Å². The summed E-state index contributed by atoms with van der Waals surface area (Å²) in [6.07, 6.45) is 12.9. The number of aliphatic hydroxyl groups is 2. The number of ether oxygens (including phenoxy) is 2. The third-order valence-electron chi connectivity index (χ3n) is 16.6. The fourth-order valence-electron chi connectivity index (χ4n) is 13.9. The number of rotatable bonds is 14. The van der Waals surface area contributed by atoms with Crippen LogP contribution >= 0.6 is 0 Å². The van der Waals surface area contributed by atoms with Crippen LogP contribution in [0.4, 0.5) is 5.69 Å². The number of ketones is 1. The molecule has 4 aliphatic heterocycles. The number of amides is 2. The van der Waals surface area contributed by atoms with Crippen molar-refractivity contribution >= 4 is 34.1 Å². The van der Waals surface area contributed by atoms with E-state index in [1.54, 1.807) is 0 Å². The molecule has 61 heavy (non-hydrogen) atoms. The molecule has 7 fully saturated rings. The lowest BCUT2D eigenvalue weighted by atomic mass is 9.37. The number of nitrogens with zero attached hydrogens (tertiary/aromatic N) is 5. The quantitative estimate of drug-likeness (QED) is 0.0985. The van der Waals surface area contributed by atoms with Crippen LogP contribution in [0.5, 0.6) is 0 Å². The lowest BCUT2D eigenvalue weighted by molar-refractivity contribution is -0.402. The number of aryl methyl sites for hydroxylation is 2. The van der Waals surface area contributed by atoms with E-state index in [1.807, 2.05) is 29.1 Å². The molecule has 2 N–H and O–H groups in total. The molecule has 12 heteroatoms. The van der Waals surface area contributed by atoms with E-state index in [1.165, 1.54) is 11.3 Å². The molecule has 4 aliphatic carbocycles. The molecule has 3 aromatic rings. The zero-order valence-corrected chi connectivity index (χ0v) is 36.0. The van der Waals surface area contributed by atoms with Crippen LogP contribution in [0.15, 0.2) is 48.7 Å². The minimum atomic E-state index is -1.13. The van der Waals surface area contributed by atoms with Gasteiger partial charge in [0.1, 0.15) is 0 Å². The van der Waals surface area contributed by atoms with Gasteiger partial charge in [0.15, 0.2) is 12.1 Å². The topological polar surface area (TPSA) is 147 Å². The molecule has 4 saturated carbocycles. The number of fused-ring (bicyclic) bond motifs is 2. The molecular formula is C49H63N5O7. The van der Waals surface area contributed by atoms with Crippen molar-refractivity contribution in [1.29, 1.82) is 0 Å². The van der Waals surface area contributed by atoms with Gasteiger partial charge in [0.05, 0.1) is 29.4 Å². The summed E-state index contributed by atoms with van der Waals surface area (Å²) >= 11 is 0. The van der Waals surface area contributed by atoms with Crippen LogP contribution in [0, 0.1) is 34.0 Å². The molecule has 5 heterocycles. The Bertz CT molecular complexity index is 2210. The van der Waals surface area contributed by atoms with Crippen molar-refractivity contribution in [3.63, 3.8) is 0 Å². The number of hydrogen-bond donors (Lipinski definition) is 2. The van der Waals surface area contributed by atoms with Gasteiger partial charge in [-0.1, -0.05) is 57.0 Å². The van der Waals surface area contributed by atoms with Crippen molar-refractivity contribution in [3.8, 4) is 0 Å². The van der Waals surface area contributed by atoms with Gasteiger partial charge in [0.25, 0.3) is 11.8 Å². The van der Waals surface area contributed by atoms with Crippen molar-refractivity contribution in [2.24, 2.45) is 34.0 Å². The minimum Gasteiger partial charge on any atom is -0.393 e. The monoisotopic (exact) mass is 833 g/mol. The highest BCUT2D eigenvalue weighted by molar-refractivity contribution is 6.26. The normalized spacial score (nSPS) is 33.7. The number of hydrogen-bond acceptors (Lipinski definition) is 10. The number of anilines is 1. The number of Topliss-reactive ketones (excluding diaryl/α,β-unsaturated/α-hetero) is 1. The number of unbranched alkanes of at least 4 members (excludes halogenated alkanes) is 4. The first-order chi connectivity index (χ1) is 29.5. The Morgan fingerprint density at radius 1 is 0.885 bits per heavy atom. The highest BCUT2D eigenvalue weighted by atomic mass is 16.7. The molecule has 12 nitrogen and oxygen atoms in total. The van der Waals surface area contributed by atoms with Crippen molar-refractivity contribution in [3.05, 3.63) is 65.5 Å². The number of piperidine rings is 1. The Morgan fingerprint density at radius 2 is 1.66 bits per heavy atom. The third kappa shape index (κ3) is 6.31. The number of imide groups is 1. The van der Waals surface area contributed by atoms with Crippen LogP contribution in [-0.4, -0.2) is 98.5 Å². The Balaban J connectivity index is 0.686. The maximum atomic E-state index is 14.0. The van der Waals surface area contributed by atoms with E-state index in [9.17, 15) is 24.6 Å². The van der Waals surface area contributed by atoms with Gasteiger partial charge in [-0.2, -0.15) is 0 Å². The Hall–Kier alpha value is -3.97. The molecule has 1 aromatic heterocycles. The predicted molar refractivity (Wildman–Crippen MR) is 230 cm³/mol. The van der Waals surface area contributed by atoms with E-state index in [0.29, 0.717) is 42.7 Å². The smallest absolute Gasteiger partial charge is 0.261 e. The zero-order chi connectivity index (χ0) is 42.3. The Kier molecular flexibility index (Phi) is 10.6. The highest BCUT2D eigenvalue weighted by Crippen LogP contribution is 2.75. The predicted octanol–water partition coefficient (Wildman–Crippen LogP) is 7.04. The molecule has 326 valence electrons. The van der Waals surface area contributed by atoms with Crippen LogP contribution in [0.1, 0.15) is 130 Å². The number of aromatic nitrogens is 3. The second-order valence-electron chi connectivity index (χ2n) is 20.2. The van der Waals surface area contributed by atoms with Crippen LogP contribution in [-0.2, 0) is 27.2 Å². The molecule has 8 aliphatic rings. The fourth-order valence-corrected chi connectivity index (χ4v) is 13.9. The molecule has 3 saturated heterocycles. The first-order valence-electron chi connectivity index (χ1n) is 23.4. The van der Waals surface area contributed by atoms with Crippen LogP contribution < -0.4 is 4.90 Å². The number of benzene rings is 2. The average Bonchev–Trinajstić information content (AvgIpc) is 3.75. The molecule has 2 spiro atoms. The van der Waals surface area contributed by atoms with Crippen molar-refractivity contribution in [1.82, 2.24) is 19.9 Å². The Morgan fingerprint density at radius 3 is 2.46 bits per heavy atom. The first-order valence-corrected chi connectivity index (χ1v) is 23.4. The second kappa shape index (κ2) is 15.7. The molecule has 0 radical (unpaired) electrons. The summed E-state index contributed by atoms with van der Waals surface area (Å²) in [6, 6.07) is 9.86. The summed E-state index contributed by atoms with van der Waals surface area (Å²) in [5.74, 6) is -1.07. The van der Waals surface area contributed by atoms with E-state index >= 15 is 0 Å². The third-order valence-corrected chi connectivity index (χ3v) is 16.6. The number of carbonyl (C=O) groups excluding carboxylic acids is 3. The van der Waals surface area contributed by atoms with Gasteiger partial charge in [-0.15, -0.1) is 5.10 Å². The lowest BCUT2D eigenvalue weighted by Gasteiger charge is -2.72. The van der Waals surface area contributed by atoms with Crippen molar-refractivity contribution in [2.75, 3.05) is 31.1 Å². The fraction of sp³-hybridized carbons (Fsp3) is 0.653. The standard InChI is InChI=1S/C49H63N5O7/c1-30-35-27-37(55)41-48-21-14-20-47(2,3)38(48)28-39(49(41,42(30)56)43(35)57)61-46(48)60-26-12-7-15-31-29-53(51-50-31)24-10-4-5-11-25-54-44(58)33-17-13-16-32-36(52-22-8-6-9-23-52)19-18-34(40(32)33)45(54)59/h13,16-19,29,35,37-39,41,43,46,55,57H,1,4-12,14-15,20-28H2,2-3H3/t35-,37-,38+,39+,41-,43+,46+,48-,49+/m0/s1. The van der Waals surface area contributed by atoms with Gasteiger partial charge in [-0.3, -0.25) is 24.0 Å². The average molecular weight is 834 g/mol. The van der Waals surface area contributed by atoms with E-state index < -0.39 is 47.3 Å². The summed E-state index contributed by atoms with van der Waals surface area (Å²) in [6.45, 7) is 12.4. The van der Waals surface area contributed by atoms with E-state index in [2.05, 4.69) is 47.8 Å². The highest BCUT2D eigenvalue weighted by Gasteiger charge is 2.81. The molecular weight excluding hydrogens is 771 g/mol. The molecule has 4 bridgehead atoms. The minimum absolute atomic E-state index is 0.00453. The molecule has 2 amide bonds. The van der Waals surface area contributed by atoms with Gasteiger partial charge >= 0.3 is 0 Å². The van der Waals surface area contributed by atoms with Gasteiger partial charge in [0.2, 0.25) is 0 Å². The van der Waals surface area contributed by atoms with Crippen molar-refractivity contribution < 1.29 is 34.1 Å². The SMILES string of the molecule is C=C1C(=O)[C@]23[C@H](O)[C@H]1C[C@H](O)[C@H]2[C@]12CCCC(C)(C)[C@H]1C[C@H]3O[C@H]2OCCCCc1cn(CCCCCCN2C(=O)c3cccc4c(N5CCCCC5)ccc(c34)C2=O)nn1. The van der Waals surface area contributed by atoms with Crippen LogP contribution in [0.25, 0.3) is 10.8 Å². The van der Waals surface area contributed by atoms with Gasteiger partial charge in [-0.05, 0) is 112 Å². The summed E-state index contributed by atoms with van der Waals surface area (Å²) in [5, 5.41) is 34.1. The molecule has 9 atom stereocenters. The molecule has 2 aromatic carbocycles. The van der Waals surface area contributed by atoms with Crippen LogP contribution in [0.3, 0.4) is 0 Å². The molecule has 11 rings (SSSR count). The number of carbonyl (C=O) groups is 3. The maximum absolute atomic E-state index is 14.0. The second-order valence-corrected chi connectivity index (χ2v) is 20.2. The Labute approximate surface area is 359 Å². The largest absolute Gasteiger partial charge is 0.393 e. The lowest BCUT2D eigenvalue weighted by Crippen LogP contribution is -2.78. The van der Waals surface area contributed by atoms with Gasteiger partial charge in [-0.25, -0.2) is 0 Å². The summed E-state index contributed by atoms with van der Waals surface area (Å²) in [4.78, 5) is 45.1. The van der Waals surface area contributed by atoms with Gasteiger partial charge in [0, 0.05) is 83.8 Å². The summed E-state index contributed by atoms with van der Waals surface area (Å²) in [7, 11) is 0. The molecule has 0 unspecified atom stereocenters. The van der Waals surface area contributed by atoms with Crippen molar-refractivity contribution in [2.45, 2.75) is 141 Å². The first kappa shape index (κ1) is 41.1. The van der Waals surface area contributed by atoms with Gasteiger partial charge < -0.3 is 24.6 Å². The van der Waals surface area contributed by atoms with Crippen LogP contribution in [0.2, 0.25) is 0 Å². The van der Waals surface area contributed by atoms with E-state index in [0.717, 1.165) is 119 Å². The van der Waals surface area contributed by atoms with E-state index in [-0.39, 0.29) is 28.9 Å². The summed E-state index contributed by atoms with van der Waals surface area (Å²) in [5.41, 5.74) is 2.10. The maximum Gasteiger partial charge on any atom is 0.261 e. The summed E-state index contributed by atoms with van der Waals surface area (Å²) < 4.78 is 15.3. The number of aliphatic hydroxyl groups excluding tert-OH is 2. The zero-order valence-electron chi connectivity index (χ0n) is 36.0.